The summed E-state index contributed by atoms with van der Waals surface area (Å²) < 4.78 is 22.0. The smallest absolute Gasteiger partial charge is 0.191 e. The highest BCUT2D eigenvalue weighted by atomic mass is 16.5. The van der Waals surface area contributed by atoms with Gasteiger partial charge in [-0.05, 0) is 12.0 Å². The molecule has 0 saturated heterocycles. The molecule has 0 bridgehead atoms. The maximum atomic E-state index is 5.68. The van der Waals surface area contributed by atoms with Gasteiger partial charge in [0.25, 0.3) is 0 Å². The Morgan fingerprint density at radius 3 is 2.14 bits per heavy atom. The summed E-state index contributed by atoms with van der Waals surface area (Å²) in [6.45, 7) is 2.53. The second-order valence-electron chi connectivity index (χ2n) is 6.22. The van der Waals surface area contributed by atoms with Crippen LogP contribution in [0, 0.1) is 0 Å². The molecule has 0 aromatic heterocycles. The van der Waals surface area contributed by atoms with E-state index in [9.17, 15) is 0 Å². The highest BCUT2D eigenvalue weighted by Gasteiger charge is 2.13. The van der Waals surface area contributed by atoms with E-state index in [0.29, 0.717) is 38.5 Å². The van der Waals surface area contributed by atoms with Gasteiger partial charge in [0.1, 0.15) is 17.2 Å². The van der Waals surface area contributed by atoms with Crippen molar-refractivity contribution < 1.29 is 18.9 Å². The summed E-state index contributed by atoms with van der Waals surface area (Å²) in [5, 5.41) is 6.55. The van der Waals surface area contributed by atoms with Crippen LogP contribution in [-0.2, 0) is 17.8 Å². The number of hydrogen-bond donors (Lipinski definition) is 2. The fourth-order valence-electron chi connectivity index (χ4n) is 2.86. The van der Waals surface area contributed by atoms with Gasteiger partial charge in [0, 0.05) is 37.8 Å². The quantitative estimate of drug-likeness (QED) is 0.343. The maximum Gasteiger partial charge on any atom is 0.191 e. The number of guanidine groups is 1. The summed E-state index contributed by atoms with van der Waals surface area (Å²) >= 11 is 0. The Balaban J connectivity index is 1.76. The number of ether oxygens (including phenoxy) is 4. The topological polar surface area (TPSA) is 73.3 Å². The number of nitrogens with one attached hydrogen (secondary N) is 2. The number of rotatable bonds is 11. The first-order chi connectivity index (χ1) is 14.2. The summed E-state index contributed by atoms with van der Waals surface area (Å²) in [5.41, 5.74) is 2.14. The first kappa shape index (κ1) is 22.4. The van der Waals surface area contributed by atoms with Gasteiger partial charge >= 0.3 is 0 Å². The second kappa shape index (κ2) is 12.5. The Bertz CT molecular complexity index is 741. The normalized spacial score (nSPS) is 11.1. The molecule has 0 aliphatic carbocycles. The zero-order valence-electron chi connectivity index (χ0n) is 17.7. The summed E-state index contributed by atoms with van der Waals surface area (Å²) in [6.07, 6.45) is 0.710. The predicted molar refractivity (Wildman–Crippen MR) is 115 cm³/mol. The number of aliphatic imine (C=N–C) groups is 1. The minimum Gasteiger partial charge on any atom is -0.496 e. The maximum absolute atomic E-state index is 5.68. The molecule has 7 nitrogen and oxygen atoms in total. The average molecular weight is 402 g/mol. The van der Waals surface area contributed by atoms with Gasteiger partial charge in [-0.1, -0.05) is 30.3 Å². The third kappa shape index (κ3) is 7.19. The highest BCUT2D eigenvalue weighted by molar-refractivity contribution is 5.79. The molecule has 0 unspecified atom stereocenters. The standard InChI is InChI=1S/C22H31N3O4/c1-23-22(25-12-13-29-16-17-8-6-5-7-9-17)24-11-10-19-20(27-3)14-18(26-2)15-21(19)28-4/h5-9,14-15H,10-13,16H2,1-4H3,(H2,23,24,25). The van der Waals surface area contributed by atoms with Crippen LogP contribution >= 0.6 is 0 Å². The fraction of sp³-hybridized carbons (Fsp3) is 0.409. The molecule has 0 spiro atoms. The summed E-state index contributed by atoms with van der Waals surface area (Å²) in [4.78, 5) is 4.24. The van der Waals surface area contributed by atoms with Crippen molar-refractivity contribution in [3.63, 3.8) is 0 Å². The number of methoxy groups -OCH3 is 3. The van der Waals surface area contributed by atoms with Crippen LogP contribution in [-0.4, -0.2) is 54.0 Å². The first-order valence-electron chi connectivity index (χ1n) is 9.56. The highest BCUT2D eigenvalue weighted by Crippen LogP contribution is 2.34. The zero-order chi connectivity index (χ0) is 20.9. The Morgan fingerprint density at radius 1 is 0.897 bits per heavy atom. The molecule has 29 heavy (non-hydrogen) atoms. The van der Waals surface area contributed by atoms with Gasteiger partial charge < -0.3 is 29.6 Å². The molecular weight excluding hydrogens is 370 g/mol. The molecule has 158 valence electrons. The largest absolute Gasteiger partial charge is 0.496 e. The molecule has 0 saturated carbocycles. The van der Waals surface area contributed by atoms with Crippen molar-refractivity contribution in [2.75, 3.05) is 48.1 Å². The Hall–Kier alpha value is -2.93. The van der Waals surface area contributed by atoms with E-state index in [1.165, 1.54) is 0 Å². The van der Waals surface area contributed by atoms with Crippen molar-refractivity contribution >= 4 is 5.96 Å². The van der Waals surface area contributed by atoms with Crippen LogP contribution in [0.1, 0.15) is 11.1 Å². The minimum atomic E-state index is 0.593. The van der Waals surface area contributed by atoms with Crippen molar-refractivity contribution in [2.45, 2.75) is 13.0 Å². The van der Waals surface area contributed by atoms with Crippen LogP contribution < -0.4 is 24.8 Å². The predicted octanol–water partition coefficient (Wildman–Crippen LogP) is 2.64. The van der Waals surface area contributed by atoms with Crippen molar-refractivity contribution in [2.24, 2.45) is 4.99 Å². The van der Waals surface area contributed by atoms with E-state index < -0.39 is 0 Å². The summed E-state index contributed by atoms with van der Waals surface area (Å²) in [6, 6.07) is 13.8. The molecule has 7 heteroatoms. The fourth-order valence-corrected chi connectivity index (χ4v) is 2.86. The van der Waals surface area contributed by atoms with E-state index >= 15 is 0 Å². The van der Waals surface area contributed by atoms with E-state index in [2.05, 4.69) is 27.8 Å². The monoisotopic (exact) mass is 401 g/mol. The molecule has 2 aromatic rings. The summed E-state index contributed by atoms with van der Waals surface area (Å²) in [5.74, 6) is 2.89. The lowest BCUT2D eigenvalue weighted by Gasteiger charge is -2.16. The Morgan fingerprint density at radius 2 is 1.55 bits per heavy atom. The van der Waals surface area contributed by atoms with Crippen LogP contribution in [0.25, 0.3) is 0 Å². The van der Waals surface area contributed by atoms with Gasteiger partial charge in [-0.3, -0.25) is 4.99 Å². The molecule has 0 aliphatic heterocycles. The lowest BCUT2D eigenvalue weighted by atomic mass is 10.1. The number of hydrogen-bond acceptors (Lipinski definition) is 5. The van der Waals surface area contributed by atoms with Crippen LogP contribution in [0.5, 0.6) is 17.2 Å². The van der Waals surface area contributed by atoms with Crippen LogP contribution in [0.3, 0.4) is 0 Å². The Kier molecular flexibility index (Phi) is 9.65. The molecule has 0 radical (unpaired) electrons. The van der Waals surface area contributed by atoms with Crippen molar-refractivity contribution in [1.29, 1.82) is 0 Å². The Labute approximate surface area is 173 Å². The number of nitrogens with zero attached hydrogens (tertiary/aromatic N) is 1. The van der Waals surface area contributed by atoms with Gasteiger partial charge in [-0.25, -0.2) is 0 Å². The molecule has 0 fully saturated rings. The van der Waals surface area contributed by atoms with Gasteiger partial charge in [0.2, 0.25) is 0 Å². The lowest BCUT2D eigenvalue weighted by molar-refractivity contribution is 0.125. The molecular formula is C22H31N3O4. The van der Waals surface area contributed by atoms with E-state index in [1.807, 2.05) is 30.3 Å². The molecule has 0 heterocycles. The van der Waals surface area contributed by atoms with Crippen LogP contribution in [0.2, 0.25) is 0 Å². The molecule has 0 aliphatic rings. The molecule has 0 amide bonds. The second-order valence-corrected chi connectivity index (χ2v) is 6.22. The van der Waals surface area contributed by atoms with Crippen LogP contribution in [0.15, 0.2) is 47.5 Å². The van der Waals surface area contributed by atoms with E-state index in [-0.39, 0.29) is 0 Å². The molecule has 2 aromatic carbocycles. The van der Waals surface area contributed by atoms with Gasteiger partial charge in [-0.2, -0.15) is 0 Å². The SMILES string of the molecule is CN=C(NCCOCc1ccccc1)NCCc1c(OC)cc(OC)cc1OC. The average Bonchev–Trinajstić information content (AvgIpc) is 2.77. The van der Waals surface area contributed by atoms with Gasteiger partial charge in [0.05, 0.1) is 34.5 Å². The third-order valence-electron chi connectivity index (χ3n) is 4.36. The van der Waals surface area contributed by atoms with Gasteiger partial charge in [-0.15, -0.1) is 0 Å². The van der Waals surface area contributed by atoms with Crippen molar-refractivity contribution in [3.8, 4) is 17.2 Å². The number of benzene rings is 2. The van der Waals surface area contributed by atoms with E-state index in [0.717, 1.165) is 28.6 Å². The first-order valence-corrected chi connectivity index (χ1v) is 9.56. The molecule has 2 N–H and O–H groups in total. The lowest BCUT2D eigenvalue weighted by Crippen LogP contribution is -2.39. The summed E-state index contributed by atoms with van der Waals surface area (Å²) in [7, 11) is 6.64. The minimum absolute atomic E-state index is 0.593. The van der Waals surface area contributed by atoms with Crippen LogP contribution in [0.4, 0.5) is 0 Å². The van der Waals surface area contributed by atoms with Gasteiger partial charge in [0.15, 0.2) is 5.96 Å². The zero-order valence-corrected chi connectivity index (χ0v) is 17.7. The third-order valence-corrected chi connectivity index (χ3v) is 4.36. The van der Waals surface area contributed by atoms with E-state index in [1.54, 1.807) is 28.4 Å². The van der Waals surface area contributed by atoms with Crippen molar-refractivity contribution in [3.05, 3.63) is 53.6 Å². The van der Waals surface area contributed by atoms with Crippen molar-refractivity contribution in [1.82, 2.24) is 10.6 Å². The molecule has 2 rings (SSSR count). The van der Waals surface area contributed by atoms with E-state index in [4.69, 9.17) is 18.9 Å². The molecule has 0 atom stereocenters.